The molecule has 0 aliphatic heterocycles. The molecule has 3 rings (SSSR count). The fourth-order valence-corrected chi connectivity index (χ4v) is 3.22. The number of para-hydroxylation sites is 2. The van der Waals surface area contributed by atoms with E-state index in [1.165, 1.54) is 0 Å². The second kappa shape index (κ2) is 8.23. The molecule has 1 aromatic heterocycles. The van der Waals surface area contributed by atoms with Crippen molar-refractivity contribution in [3.63, 3.8) is 0 Å². The van der Waals surface area contributed by atoms with Gasteiger partial charge in [-0.15, -0.1) is 0 Å². The number of nitrogens with zero attached hydrogens (tertiary/aromatic N) is 2. The number of carbonyl (C=O) groups excluding carboxylic acids is 1. The molecule has 0 atom stereocenters. The summed E-state index contributed by atoms with van der Waals surface area (Å²) in [5, 5.41) is 0.664. The highest BCUT2D eigenvalue weighted by molar-refractivity contribution is 6.30. The van der Waals surface area contributed by atoms with Gasteiger partial charge in [-0.05, 0) is 43.2 Å². The van der Waals surface area contributed by atoms with E-state index in [9.17, 15) is 9.59 Å². The quantitative estimate of drug-likeness (QED) is 0.628. The molecule has 6 heteroatoms. The van der Waals surface area contributed by atoms with Crippen LogP contribution < -0.4 is 5.76 Å². The van der Waals surface area contributed by atoms with Gasteiger partial charge in [0.15, 0.2) is 5.58 Å². The highest BCUT2D eigenvalue weighted by atomic mass is 35.5. The number of halogens is 1. The number of fused-ring (bicyclic) bond motifs is 1. The Morgan fingerprint density at radius 2 is 2.00 bits per heavy atom. The van der Waals surface area contributed by atoms with Crippen molar-refractivity contribution < 1.29 is 9.21 Å². The number of amides is 1. The summed E-state index contributed by atoms with van der Waals surface area (Å²) >= 11 is 6.01. The van der Waals surface area contributed by atoms with Gasteiger partial charge in [-0.3, -0.25) is 9.36 Å². The first kappa shape index (κ1) is 18.3. The van der Waals surface area contributed by atoms with Gasteiger partial charge in [0.2, 0.25) is 5.91 Å². The zero-order valence-corrected chi connectivity index (χ0v) is 15.4. The predicted molar refractivity (Wildman–Crippen MR) is 102 cm³/mol. The van der Waals surface area contributed by atoms with E-state index in [4.69, 9.17) is 16.0 Å². The van der Waals surface area contributed by atoms with Crippen LogP contribution in [-0.2, 0) is 17.9 Å². The lowest BCUT2D eigenvalue weighted by atomic mass is 10.2. The van der Waals surface area contributed by atoms with Crippen molar-refractivity contribution >= 4 is 28.6 Å². The zero-order valence-electron chi connectivity index (χ0n) is 14.7. The molecule has 0 fully saturated rings. The minimum atomic E-state index is -0.384. The third-order valence-corrected chi connectivity index (χ3v) is 4.58. The molecule has 1 heterocycles. The average molecular weight is 373 g/mol. The largest absolute Gasteiger partial charge is 0.419 e. The molecule has 0 aliphatic carbocycles. The van der Waals surface area contributed by atoms with Gasteiger partial charge in [-0.1, -0.05) is 35.9 Å². The van der Waals surface area contributed by atoms with Crippen LogP contribution in [0.3, 0.4) is 0 Å². The first-order chi connectivity index (χ1) is 12.6. The summed E-state index contributed by atoms with van der Waals surface area (Å²) in [6.07, 6.45) is 0.953. The van der Waals surface area contributed by atoms with E-state index in [0.717, 1.165) is 11.1 Å². The molecule has 0 saturated heterocycles. The Labute approximate surface area is 156 Å². The van der Waals surface area contributed by atoms with E-state index in [1.807, 2.05) is 49.4 Å². The molecule has 1 amide bonds. The normalized spacial score (nSPS) is 11.0. The van der Waals surface area contributed by atoms with Gasteiger partial charge in [-0.25, -0.2) is 4.79 Å². The van der Waals surface area contributed by atoms with Crippen LogP contribution in [0.15, 0.2) is 57.7 Å². The van der Waals surface area contributed by atoms with Gasteiger partial charge < -0.3 is 9.32 Å². The molecule has 5 nitrogen and oxygen atoms in total. The number of aromatic nitrogens is 1. The van der Waals surface area contributed by atoms with E-state index >= 15 is 0 Å². The highest BCUT2D eigenvalue weighted by Gasteiger charge is 2.14. The molecule has 0 N–H and O–H groups in total. The van der Waals surface area contributed by atoms with Crippen LogP contribution in [0, 0.1) is 0 Å². The second-order valence-corrected chi connectivity index (χ2v) is 6.57. The Hall–Kier alpha value is -2.53. The van der Waals surface area contributed by atoms with Crippen molar-refractivity contribution in [1.82, 2.24) is 9.47 Å². The van der Waals surface area contributed by atoms with Crippen LogP contribution in [0.25, 0.3) is 11.1 Å². The minimum Gasteiger partial charge on any atom is -0.408 e. The number of rotatable bonds is 7. The Balaban J connectivity index is 1.60. The van der Waals surface area contributed by atoms with Gasteiger partial charge in [0, 0.05) is 31.1 Å². The molecule has 136 valence electrons. The molecule has 0 bridgehead atoms. The summed E-state index contributed by atoms with van der Waals surface area (Å²) in [5.41, 5.74) is 2.33. The average Bonchev–Trinajstić information content (AvgIpc) is 2.95. The number of carbonyl (C=O) groups is 1. The molecule has 26 heavy (non-hydrogen) atoms. The van der Waals surface area contributed by atoms with Crippen molar-refractivity contribution in [3.8, 4) is 0 Å². The van der Waals surface area contributed by atoms with Crippen molar-refractivity contribution in [2.24, 2.45) is 0 Å². The van der Waals surface area contributed by atoms with E-state index in [1.54, 1.807) is 15.5 Å². The number of hydrogen-bond acceptors (Lipinski definition) is 3. The summed E-state index contributed by atoms with van der Waals surface area (Å²) in [7, 11) is 0. The molecular formula is C20H21ClN2O3. The zero-order chi connectivity index (χ0) is 18.5. The molecule has 2 aromatic carbocycles. The number of aryl methyl sites for hydroxylation is 1. The fraction of sp³-hybridized carbons (Fsp3) is 0.300. The third-order valence-electron chi connectivity index (χ3n) is 4.34. The third kappa shape index (κ3) is 4.17. The van der Waals surface area contributed by atoms with Crippen LogP contribution >= 0.6 is 11.6 Å². The van der Waals surface area contributed by atoms with Crippen molar-refractivity contribution in [1.29, 1.82) is 0 Å². The van der Waals surface area contributed by atoms with Gasteiger partial charge >= 0.3 is 5.76 Å². The van der Waals surface area contributed by atoms with Crippen molar-refractivity contribution in [2.75, 3.05) is 6.54 Å². The first-order valence-electron chi connectivity index (χ1n) is 8.69. The molecule has 0 spiro atoms. The predicted octanol–water partition coefficient (Wildman–Crippen LogP) is 4.08. The lowest BCUT2D eigenvalue weighted by Gasteiger charge is -2.21. The van der Waals surface area contributed by atoms with Gasteiger partial charge in [0.1, 0.15) is 0 Å². The van der Waals surface area contributed by atoms with Crippen LogP contribution in [-0.4, -0.2) is 21.9 Å². The van der Waals surface area contributed by atoms with Crippen molar-refractivity contribution in [3.05, 3.63) is 69.7 Å². The SMILES string of the molecule is CCN(Cc1cccc(Cl)c1)C(=O)CCCn1c(=O)oc2ccccc21. The van der Waals surface area contributed by atoms with Crippen LogP contribution in [0.1, 0.15) is 25.3 Å². The lowest BCUT2D eigenvalue weighted by Crippen LogP contribution is -2.30. The number of benzene rings is 2. The summed E-state index contributed by atoms with van der Waals surface area (Å²) < 4.78 is 6.79. The monoisotopic (exact) mass is 372 g/mol. The first-order valence-corrected chi connectivity index (χ1v) is 9.07. The fourth-order valence-electron chi connectivity index (χ4n) is 3.00. The maximum atomic E-state index is 12.5. The van der Waals surface area contributed by atoms with Gasteiger partial charge in [0.25, 0.3) is 0 Å². The Morgan fingerprint density at radius 3 is 2.77 bits per heavy atom. The maximum Gasteiger partial charge on any atom is 0.419 e. The summed E-state index contributed by atoms with van der Waals surface area (Å²) in [5.74, 6) is -0.321. The Kier molecular flexibility index (Phi) is 5.78. The molecule has 0 radical (unpaired) electrons. The molecular weight excluding hydrogens is 352 g/mol. The highest BCUT2D eigenvalue weighted by Crippen LogP contribution is 2.15. The molecule has 3 aromatic rings. The smallest absolute Gasteiger partial charge is 0.408 e. The number of oxazole rings is 1. The minimum absolute atomic E-state index is 0.0633. The number of hydrogen-bond donors (Lipinski definition) is 0. The van der Waals surface area contributed by atoms with Gasteiger partial charge in [-0.2, -0.15) is 0 Å². The standard InChI is InChI=1S/C20H21ClN2O3/c1-2-22(14-15-7-5-8-16(21)13-15)19(24)11-6-12-23-17-9-3-4-10-18(17)26-20(23)25/h3-5,7-10,13H,2,6,11-12,14H2,1H3. The van der Waals surface area contributed by atoms with E-state index < -0.39 is 0 Å². The molecule has 0 aliphatic rings. The van der Waals surface area contributed by atoms with Gasteiger partial charge in [0.05, 0.1) is 5.52 Å². The maximum absolute atomic E-state index is 12.5. The second-order valence-electron chi connectivity index (χ2n) is 6.13. The summed E-state index contributed by atoms with van der Waals surface area (Å²) in [6, 6.07) is 14.8. The Morgan fingerprint density at radius 1 is 1.19 bits per heavy atom. The van der Waals surface area contributed by atoms with Crippen LogP contribution in [0.4, 0.5) is 0 Å². The lowest BCUT2D eigenvalue weighted by molar-refractivity contribution is -0.131. The van der Waals surface area contributed by atoms with Crippen molar-refractivity contribution in [2.45, 2.75) is 32.9 Å². The molecule has 0 unspecified atom stereocenters. The van der Waals surface area contributed by atoms with E-state index in [-0.39, 0.29) is 11.7 Å². The van der Waals surface area contributed by atoms with E-state index in [0.29, 0.717) is 43.1 Å². The van der Waals surface area contributed by atoms with E-state index in [2.05, 4.69) is 0 Å². The Bertz CT molecular complexity index is 961. The molecule has 0 saturated carbocycles. The summed E-state index contributed by atoms with van der Waals surface area (Å²) in [4.78, 5) is 26.3. The topological polar surface area (TPSA) is 55.5 Å². The van der Waals surface area contributed by atoms with Crippen LogP contribution in [0.5, 0.6) is 0 Å². The summed E-state index contributed by atoms with van der Waals surface area (Å²) in [6.45, 7) is 3.57. The van der Waals surface area contributed by atoms with Crippen LogP contribution in [0.2, 0.25) is 5.02 Å².